The number of pyridine rings is 1. The molecule has 0 saturated heterocycles. The van der Waals surface area contributed by atoms with Crippen molar-refractivity contribution in [2.75, 3.05) is 7.11 Å². The number of ether oxygens (including phenoxy) is 2. The lowest BCUT2D eigenvalue weighted by molar-refractivity contribution is -0.156. The number of halogens is 1. The minimum atomic E-state index is -1.17. The van der Waals surface area contributed by atoms with Crippen LogP contribution in [0.1, 0.15) is 33.4 Å². The first-order valence-corrected chi connectivity index (χ1v) is 10.4. The van der Waals surface area contributed by atoms with Gasteiger partial charge in [0.15, 0.2) is 5.60 Å². The molecule has 0 bridgehead atoms. The first kappa shape index (κ1) is 25.4. The molecule has 172 valence electrons. The van der Waals surface area contributed by atoms with Gasteiger partial charge in [-0.3, -0.25) is 4.79 Å². The molecular weight excluding hydrogens is 428 g/mol. The van der Waals surface area contributed by atoms with Gasteiger partial charge in [0.2, 0.25) is 0 Å². The van der Waals surface area contributed by atoms with Crippen molar-refractivity contribution in [1.29, 1.82) is 0 Å². The molecule has 3 aromatic rings. The van der Waals surface area contributed by atoms with E-state index in [-0.39, 0.29) is 30.4 Å². The van der Waals surface area contributed by atoms with E-state index in [0.29, 0.717) is 17.7 Å². The molecule has 0 radical (unpaired) electrons. The average molecular weight is 459 g/mol. The number of benzene rings is 2. The van der Waals surface area contributed by atoms with Crippen LogP contribution in [-0.4, -0.2) is 23.2 Å². The van der Waals surface area contributed by atoms with Crippen LogP contribution in [-0.2, 0) is 22.6 Å². The molecule has 1 aromatic heterocycles. The summed E-state index contributed by atoms with van der Waals surface area (Å²) in [5.41, 5.74) is 7.57. The number of nitrogens with two attached hydrogens (primary N) is 1. The van der Waals surface area contributed by atoms with Crippen molar-refractivity contribution >= 4 is 29.1 Å². The fourth-order valence-corrected chi connectivity index (χ4v) is 3.82. The number of fused-ring (bicyclic) bond motifs is 1. The third-order valence-electron chi connectivity index (χ3n) is 5.20. The van der Waals surface area contributed by atoms with Crippen LogP contribution in [0.15, 0.2) is 53.3 Å². The Morgan fingerprint density at radius 3 is 2.31 bits per heavy atom. The third kappa shape index (κ3) is 4.97. The van der Waals surface area contributed by atoms with E-state index in [0.717, 1.165) is 22.2 Å². The standard InChI is InChI=1S/C25H30N2O4.ClH/c1-16(2)15-27-21(14-26)22(17-9-7-6-8-10-17)20-13-18(11-12-19(20)23(27)28)31-25(3,4)24(29)30-5;/h6-13,16H,14-15,26H2,1-5H3;1H. The number of aromatic nitrogens is 1. The maximum Gasteiger partial charge on any atom is 0.349 e. The highest BCUT2D eigenvalue weighted by Crippen LogP contribution is 2.34. The van der Waals surface area contributed by atoms with Gasteiger partial charge < -0.3 is 19.8 Å². The molecule has 0 aliphatic carbocycles. The number of esters is 1. The van der Waals surface area contributed by atoms with Crippen LogP contribution in [0.4, 0.5) is 0 Å². The number of rotatable bonds is 7. The van der Waals surface area contributed by atoms with Gasteiger partial charge in [-0.15, -0.1) is 12.4 Å². The monoisotopic (exact) mass is 458 g/mol. The number of methoxy groups -OCH3 is 1. The molecule has 0 aliphatic rings. The van der Waals surface area contributed by atoms with E-state index in [1.807, 2.05) is 36.4 Å². The first-order chi connectivity index (χ1) is 14.7. The van der Waals surface area contributed by atoms with Crippen molar-refractivity contribution < 1.29 is 14.3 Å². The summed E-state index contributed by atoms with van der Waals surface area (Å²) in [6.45, 7) is 8.24. The third-order valence-corrected chi connectivity index (χ3v) is 5.20. The van der Waals surface area contributed by atoms with Crippen molar-refractivity contribution in [3.8, 4) is 16.9 Å². The van der Waals surface area contributed by atoms with E-state index in [4.69, 9.17) is 15.2 Å². The normalized spacial score (nSPS) is 11.3. The molecule has 0 spiro atoms. The molecule has 1 heterocycles. The molecule has 2 N–H and O–H groups in total. The topological polar surface area (TPSA) is 83.5 Å². The fourth-order valence-electron chi connectivity index (χ4n) is 3.82. The summed E-state index contributed by atoms with van der Waals surface area (Å²) in [5.74, 6) is 0.280. The quantitative estimate of drug-likeness (QED) is 0.525. The van der Waals surface area contributed by atoms with Gasteiger partial charge >= 0.3 is 5.97 Å². The SMILES string of the molecule is COC(=O)C(C)(C)Oc1ccc2c(=O)n(CC(C)C)c(CN)c(-c3ccccc3)c2c1.Cl. The van der Waals surface area contributed by atoms with Gasteiger partial charge in [0, 0.05) is 35.1 Å². The lowest BCUT2D eigenvalue weighted by Gasteiger charge is -2.24. The highest BCUT2D eigenvalue weighted by Gasteiger charge is 2.31. The molecule has 0 saturated carbocycles. The molecule has 7 heteroatoms. The second kappa shape index (κ2) is 10.2. The Morgan fingerprint density at radius 2 is 1.75 bits per heavy atom. The maximum atomic E-state index is 13.4. The van der Waals surface area contributed by atoms with Gasteiger partial charge in [0.05, 0.1) is 7.11 Å². The zero-order chi connectivity index (χ0) is 22.8. The highest BCUT2D eigenvalue weighted by atomic mass is 35.5. The van der Waals surface area contributed by atoms with Crippen LogP contribution in [0.5, 0.6) is 5.75 Å². The zero-order valence-electron chi connectivity index (χ0n) is 19.2. The summed E-state index contributed by atoms with van der Waals surface area (Å²) in [6, 6.07) is 15.1. The number of nitrogens with zero attached hydrogens (tertiary/aromatic N) is 1. The predicted octanol–water partition coefficient (Wildman–Crippen LogP) is 4.54. The lowest BCUT2D eigenvalue weighted by Crippen LogP contribution is -2.39. The van der Waals surface area contributed by atoms with Crippen LogP contribution in [0.25, 0.3) is 21.9 Å². The summed E-state index contributed by atoms with van der Waals surface area (Å²) < 4.78 is 12.6. The number of carbonyl (C=O) groups excluding carboxylic acids is 1. The molecule has 0 unspecified atom stereocenters. The number of hydrogen-bond donors (Lipinski definition) is 1. The summed E-state index contributed by atoms with van der Waals surface area (Å²) in [7, 11) is 1.33. The van der Waals surface area contributed by atoms with E-state index < -0.39 is 11.6 Å². The molecule has 0 fully saturated rings. The summed E-state index contributed by atoms with van der Waals surface area (Å²) >= 11 is 0. The second-order valence-corrected chi connectivity index (χ2v) is 8.51. The molecule has 3 rings (SSSR count). The second-order valence-electron chi connectivity index (χ2n) is 8.51. The van der Waals surface area contributed by atoms with E-state index in [2.05, 4.69) is 13.8 Å². The largest absolute Gasteiger partial charge is 0.476 e. The molecular formula is C25H31ClN2O4. The Morgan fingerprint density at radius 1 is 1.09 bits per heavy atom. The molecule has 0 aliphatic heterocycles. The van der Waals surface area contributed by atoms with E-state index in [1.54, 1.807) is 30.5 Å². The van der Waals surface area contributed by atoms with E-state index >= 15 is 0 Å². The van der Waals surface area contributed by atoms with E-state index in [9.17, 15) is 9.59 Å². The molecule has 2 aromatic carbocycles. The predicted molar refractivity (Wildman–Crippen MR) is 130 cm³/mol. The van der Waals surface area contributed by atoms with Gasteiger partial charge in [-0.1, -0.05) is 44.2 Å². The van der Waals surface area contributed by atoms with Gasteiger partial charge in [-0.2, -0.15) is 0 Å². The van der Waals surface area contributed by atoms with Gasteiger partial charge in [0.1, 0.15) is 5.75 Å². The summed E-state index contributed by atoms with van der Waals surface area (Å²) in [6.07, 6.45) is 0. The van der Waals surface area contributed by atoms with Crippen molar-refractivity contribution in [2.24, 2.45) is 11.7 Å². The first-order valence-electron chi connectivity index (χ1n) is 10.4. The zero-order valence-corrected chi connectivity index (χ0v) is 20.0. The fraction of sp³-hybridized carbons (Fsp3) is 0.360. The summed E-state index contributed by atoms with van der Waals surface area (Å²) in [4.78, 5) is 25.4. The Bertz CT molecular complexity index is 1150. The van der Waals surface area contributed by atoms with Crippen LogP contribution in [0.2, 0.25) is 0 Å². The average Bonchev–Trinajstić information content (AvgIpc) is 2.74. The maximum absolute atomic E-state index is 13.4. The Labute approximate surface area is 194 Å². The summed E-state index contributed by atoms with van der Waals surface area (Å²) in [5, 5.41) is 1.33. The van der Waals surface area contributed by atoms with Gasteiger partial charge in [0.25, 0.3) is 5.56 Å². The Hall–Kier alpha value is -2.83. The highest BCUT2D eigenvalue weighted by molar-refractivity contribution is 5.98. The number of hydrogen-bond acceptors (Lipinski definition) is 5. The van der Waals surface area contributed by atoms with Crippen LogP contribution >= 0.6 is 12.4 Å². The van der Waals surface area contributed by atoms with E-state index in [1.165, 1.54) is 7.11 Å². The minimum absolute atomic E-state index is 0. The van der Waals surface area contributed by atoms with Crippen molar-refractivity contribution in [2.45, 2.75) is 46.4 Å². The molecule has 0 atom stereocenters. The minimum Gasteiger partial charge on any atom is -0.476 e. The van der Waals surface area contributed by atoms with Crippen LogP contribution < -0.4 is 16.0 Å². The van der Waals surface area contributed by atoms with Gasteiger partial charge in [-0.25, -0.2) is 4.79 Å². The van der Waals surface area contributed by atoms with Gasteiger partial charge in [-0.05, 0) is 43.5 Å². The van der Waals surface area contributed by atoms with Crippen molar-refractivity contribution in [3.63, 3.8) is 0 Å². The van der Waals surface area contributed by atoms with Crippen molar-refractivity contribution in [1.82, 2.24) is 4.57 Å². The Kier molecular flexibility index (Phi) is 8.10. The molecule has 0 amide bonds. The number of carbonyl (C=O) groups is 1. The van der Waals surface area contributed by atoms with Crippen LogP contribution in [0, 0.1) is 5.92 Å². The lowest BCUT2D eigenvalue weighted by atomic mass is 9.96. The van der Waals surface area contributed by atoms with Crippen LogP contribution in [0.3, 0.4) is 0 Å². The molecule has 6 nitrogen and oxygen atoms in total. The smallest absolute Gasteiger partial charge is 0.349 e. The Balaban J connectivity index is 0.00000363. The van der Waals surface area contributed by atoms with Crippen molar-refractivity contribution in [3.05, 3.63) is 64.6 Å². The molecule has 32 heavy (non-hydrogen) atoms.